The zero-order valence-corrected chi connectivity index (χ0v) is 27.9. The maximum absolute atomic E-state index is 13.8. The van der Waals surface area contributed by atoms with Crippen LogP contribution < -0.4 is 5.73 Å². The predicted octanol–water partition coefficient (Wildman–Crippen LogP) is 4.54. The number of aliphatic carboxylic acids is 1. The van der Waals surface area contributed by atoms with Gasteiger partial charge in [-0.3, -0.25) is 24.1 Å². The molecule has 3 aromatic carbocycles. The highest BCUT2D eigenvalue weighted by Crippen LogP contribution is 2.22. The van der Waals surface area contributed by atoms with Gasteiger partial charge in [-0.25, -0.2) is 0 Å². The lowest BCUT2D eigenvalue weighted by atomic mass is 9.91. The Balaban J connectivity index is 1.70. The summed E-state index contributed by atoms with van der Waals surface area (Å²) in [6.07, 6.45) is 3.12. The van der Waals surface area contributed by atoms with E-state index in [-0.39, 0.29) is 50.1 Å². The molecule has 1 atom stereocenters. The Labute approximate surface area is 279 Å². The highest BCUT2D eigenvalue weighted by atomic mass is 16.4. The first kappa shape index (κ1) is 37.1. The molecule has 0 aliphatic rings. The average molecular weight is 643 g/mol. The molecule has 0 bridgehead atoms. The van der Waals surface area contributed by atoms with Crippen molar-refractivity contribution >= 4 is 23.6 Å². The molecule has 3 N–H and O–H groups in total. The van der Waals surface area contributed by atoms with Crippen LogP contribution in [0.4, 0.5) is 0 Å². The van der Waals surface area contributed by atoms with Crippen LogP contribution in [0, 0.1) is 5.92 Å². The molecule has 0 spiro atoms. The molecular weight excluding hydrogens is 592 g/mol. The second-order valence-corrected chi connectivity index (χ2v) is 12.2. The largest absolute Gasteiger partial charge is 0.481 e. The molecule has 0 heterocycles. The Morgan fingerprint density at radius 2 is 1.32 bits per heavy atom. The summed E-state index contributed by atoms with van der Waals surface area (Å²) in [6, 6.07) is 28.2. The van der Waals surface area contributed by atoms with Crippen LogP contribution in [-0.2, 0) is 32.0 Å². The number of carboxylic acid groups (broad SMARTS) is 1. The fourth-order valence-electron chi connectivity index (χ4n) is 5.41. The predicted molar refractivity (Wildman–Crippen MR) is 186 cm³/mol. The van der Waals surface area contributed by atoms with E-state index in [4.69, 9.17) is 5.73 Å². The lowest BCUT2D eigenvalue weighted by Gasteiger charge is -2.27. The molecule has 47 heavy (non-hydrogen) atoms. The van der Waals surface area contributed by atoms with Crippen molar-refractivity contribution in [3.63, 3.8) is 0 Å². The summed E-state index contributed by atoms with van der Waals surface area (Å²) in [5.74, 6) is -2.35. The number of aryl methyl sites for hydroxylation is 1. The van der Waals surface area contributed by atoms with Crippen LogP contribution in [0.5, 0.6) is 0 Å². The van der Waals surface area contributed by atoms with Crippen LogP contribution >= 0.6 is 0 Å². The van der Waals surface area contributed by atoms with Crippen molar-refractivity contribution in [2.75, 3.05) is 53.4 Å². The standard InChI is InChI=1S/C38H50N4O5/c1-40(25-21-30-11-5-3-6-12-30)29-37(45)42(26-22-38(46)47)28-35(43)34(27-36(44)41(2)24-10-9-23-39)20-17-31-15-18-33(19-16-31)32-13-7-4-8-14-32/h3-8,11-16,18-19,34H,9-10,17,20-29,39H2,1-2H3,(H,46,47). The van der Waals surface area contributed by atoms with Gasteiger partial charge in [0.25, 0.3) is 0 Å². The van der Waals surface area contributed by atoms with Gasteiger partial charge in [0.15, 0.2) is 5.78 Å². The van der Waals surface area contributed by atoms with E-state index in [1.54, 1.807) is 11.9 Å². The molecule has 252 valence electrons. The van der Waals surface area contributed by atoms with E-state index in [0.29, 0.717) is 32.5 Å². The topological polar surface area (TPSA) is 124 Å². The smallest absolute Gasteiger partial charge is 0.305 e. The Bertz CT molecular complexity index is 1400. The third-order valence-corrected chi connectivity index (χ3v) is 8.42. The monoisotopic (exact) mass is 642 g/mol. The second-order valence-electron chi connectivity index (χ2n) is 12.2. The Kier molecular flexibility index (Phi) is 15.8. The van der Waals surface area contributed by atoms with Gasteiger partial charge in [-0.15, -0.1) is 0 Å². The van der Waals surface area contributed by atoms with Crippen LogP contribution in [0.15, 0.2) is 84.9 Å². The number of carboxylic acids is 1. The van der Waals surface area contributed by atoms with Crippen molar-refractivity contribution in [2.45, 2.75) is 44.9 Å². The second kappa shape index (κ2) is 20.0. The highest BCUT2D eigenvalue weighted by molar-refractivity contribution is 5.91. The van der Waals surface area contributed by atoms with E-state index in [1.165, 1.54) is 4.90 Å². The number of benzene rings is 3. The molecule has 1 unspecified atom stereocenters. The molecule has 0 saturated carbocycles. The first-order valence-electron chi connectivity index (χ1n) is 16.5. The summed E-state index contributed by atoms with van der Waals surface area (Å²) in [5, 5.41) is 9.36. The summed E-state index contributed by atoms with van der Waals surface area (Å²) in [7, 11) is 3.57. The maximum Gasteiger partial charge on any atom is 0.305 e. The molecule has 9 heteroatoms. The summed E-state index contributed by atoms with van der Waals surface area (Å²) >= 11 is 0. The van der Waals surface area contributed by atoms with Crippen molar-refractivity contribution < 1.29 is 24.3 Å². The van der Waals surface area contributed by atoms with Crippen LogP contribution in [0.25, 0.3) is 11.1 Å². The first-order valence-corrected chi connectivity index (χ1v) is 16.5. The minimum atomic E-state index is -1.04. The summed E-state index contributed by atoms with van der Waals surface area (Å²) < 4.78 is 0. The normalized spacial score (nSPS) is 11.7. The zero-order valence-electron chi connectivity index (χ0n) is 27.9. The number of ketones is 1. The van der Waals surface area contributed by atoms with Crippen LogP contribution in [-0.4, -0.2) is 96.7 Å². The Morgan fingerprint density at radius 1 is 0.702 bits per heavy atom. The van der Waals surface area contributed by atoms with Crippen LogP contribution in [0.3, 0.4) is 0 Å². The summed E-state index contributed by atoms with van der Waals surface area (Å²) in [4.78, 5) is 56.7. The van der Waals surface area contributed by atoms with Gasteiger partial charge in [0.2, 0.25) is 11.8 Å². The molecule has 9 nitrogen and oxygen atoms in total. The Morgan fingerprint density at radius 3 is 1.96 bits per heavy atom. The molecule has 0 radical (unpaired) electrons. The van der Waals surface area contributed by atoms with Crippen molar-refractivity contribution in [1.29, 1.82) is 0 Å². The van der Waals surface area contributed by atoms with E-state index in [2.05, 4.69) is 24.3 Å². The van der Waals surface area contributed by atoms with Crippen LogP contribution in [0.2, 0.25) is 0 Å². The number of Topliss-reactive ketones (excluding diaryl/α,β-unsaturated/α-hetero) is 1. The number of carbonyl (C=O) groups excluding carboxylic acids is 3. The number of nitrogens with two attached hydrogens (primary N) is 1. The molecule has 0 aromatic heterocycles. The number of amides is 2. The lowest BCUT2D eigenvalue weighted by molar-refractivity contribution is -0.141. The van der Waals surface area contributed by atoms with Gasteiger partial charge in [-0.2, -0.15) is 0 Å². The quantitative estimate of drug-likeness (QED) is 0.164. The minimum absolute atomic E-state index is 0.0258. The number of likely N-dealkylation sites (N-methyl/N-ethyl adjacent to an activating group) is 1. The van der Waals surface area contributed by atoms with Crippen molar-refractivity contribution in [3.05, 3.63) is 96.1 Å². The van der Waals surface area contributed by atoms with E-state index in [0.717, 1.165) is 41.5 Å². The summed E-state index contributed by atoms with van der Waals surface area (Å²) in [5.41, 5.74) is 10.0. The van der Waals surface area contributed by atoms with Gasteiger partial charge in [0, 0.05) is 39.0 Å². The fraction of sp³-hybridized carbons (Fsp3) is 0.421. The molecule has 3 rings (SSSR count). The van der Waals surface area contributed by atoms with Crippen LogP contribution in [0.1, 0.15) is 43.2 Å². The first-order chi connectivity index (χ1) is 22.7. The van der Waals surface area contributed by atoms with E-state index in [1.807, 2.05) is 72.6 Å². The highest BCUT2D eigenvalue weighted by Gasteiger charge is 2.27. The number of carbonyl (C=O) groups is 4. The van der Waals surface area contributed by atoms with Gasteiger partial charge in [-0.1, -0.05) is 84.9 Å². The molecule has 0 aliphatic heterocycles. The van der Waals surface area contributed by atoms with Gasteiger partial charge < -0.3 is 20.6 Å². The van der Waals surface area contributed by atoms with Crippen molar-refractivity contribution in [2.24, 2.45) is 11.7 Å². The molecular formula is C38H50N4O5. The lowest BCUT2D eigenvalue weighted by Crippen LogP contribution is -2.44. The molecule has 3 aromatic rings. The van der Waals surface area contributed by atoms with Gasteiger partial charge in [0.05, 0.1) is 19.5 Å². The zero-order chi connectivity index (χ0) is 34.0. The summed E-state index contributed by atoms with van der Waals surface area (Å²) in [6.45, 7) is 1.48. The van der Waals surface area contributed by atoms with E-state index in [9.17, 15) is 24.3 Å². The molecule has 0 fully saturated rings. The average Bonchev–Trinajstić information content (AvgIpc) is 3.08. The third-order valence-electron chi connectivity index (χ3n) is 8.42. The van der Waals surface area contributed by atoms with Crippen molar-refractivity contribution in [3.8, 4) is 11.1 Å². The number of hydrogen-bond acceptors (Lipinski definition) is 6. The molecule has 0 saturated heterocycles. The van der Waals surface area contributed by atoms with Crippen molar-refractivity contribution in [1.82, 2.24) is 14.7 Å². The van der Waals surface area contributed by atoms with Gasteiger partial charge in [-0.05, 0) is 68.0 Å². The number of rotatable bonds is 21. The van der Waals surface area contributed by atoms with Gasteiger partial charge >= 0.3 is 5.97 Å². The third kappa shape index (κ3) is 13.5. The fourth-order valence-corrected chi connectivity index (χ4v) is 5.41. The SMILES string of the molecule is CN(CCc1ccccc1)CC(=O)N(CCC(=O)O)CC(=O)C(CCc1ccc(-c2ccccc2)cc1)CC(=O)N(C)CCCCN. The van der Waals surface area contributed by atoms with Gasteiger partial charge in [0.1, 0.15) is 0 Å². The minimum Gasteiger partial charge on any atom is -0.481 e. The molecule has 2 amide bonds. The van der Waals surface area contributed by atoms with E-state index < -0.39 is 11.9 Å². The molecule has 0 aliphatic carbocycles. The number of unbranched alkanes of at least 4 members (excludes halogenated alkanes) is 1. The number of nitrogens with zero attached hydrogens (tertiary/aromatic N) is 3. The number of hydrogen-bond donors (Lipinski definition) is 2. The maximum atomic E-state index is 13.8. The Hall–Kier alpha value is -4.34. The van der Waals surface area contributed by atoms with E-state index >= 15 is 0 Å².